The lowest BCUT2D eigenvalue weighted by Crippen LogP contribution is -2.40. The van der Waals surface area contributed by atoms with Crippen molar-refractivity contribution in [2.45, 2.75) is 31.9 Å². The molecule has 0 aromatic rings. The molecule has 0 heterocycles. The van der Waals surface area contributed by atoms with E-state index in [0.29, 0.717) is 12.8 Å². The van der Waals surface area contributed by atoms with Gasteiger partial charge >= 0.3 is 6.18 Å². The van der Waals surface area contributed by atoms with Gasteiger partial charge in [0.15, 0.2) is 0 Å². The molecule has 0 aliphatic heterocycles. The molecule has 66 valence electrons. The Morgan fingerprint density at radius 1 is 1.27 bits per heavy atom. The zero-order valence-electron chi connectivity index (χ0n) is 6.25. The highest BCUT2D eigenvalue weighted by atomic mass is 19.4. The third-order valence-corrected chi connectivity index (χ3v) is 2.42. The van der Waals surface area contributed by atoms with Gasteiger partial charge in [-0.05, 0) is 24.8 Å². The Labute approximate surface area is 63.8 Å². The zero-order chi connectivity index (χ0) is 8.54. The van der Waals surface area contributed by atoms with Gasteiger partial charge < -0.3 is 5.73 Å². The molecule has 1 fully saturated rings. The molecule has 0 amide bonds. The highest BCUT2D eigenvalue weighted by Crippen LogP contribution is 2.47. The minimum atomic E-state index is -4.04. The molecule has 1 rings (SSSR count). The molecule has 0 bridgehead atoms. The van der Waals surface area contributed by atoms with Gasteiger partial charge in [-0.15, -0.1) is 0 Å². The fourth-order valence-electron chi connectivity index (χ4n) is 1.56. The van der Waals surface area contributed by atoms with Crippen molar-refractivity contribution in [2.24, 2.45) is 11.1 Å². The van der Waals surface area contributed by atoms with Crippen LogP contribution in [0.3, 0.4) is 0 Å². The third kappa shape index (κ3) is 2.09. The quantitative estimate of drug-likeness (QED) is 0.669. The molecule has 4 heteroatoms. The highest BCUT2D eigenvalue weighted by molar-refractivity contribution is 4.90. The van der Waals surface area contributed by atoms with Crippen LogP contribution in [0.15, 0.2) is 0 Å². The van der Waals surface area contributed by atoms with Gasteiger partial charge in [0.05, 0.1) is 6.42 Å². The lowest BCUT2D eigenvalue weighted by Gasteiger charge is -2.41. The van der Waals surface area contributed by atoms with Crippen molar-refractivity contribution >= 4 is 0 Å². The van der Waals surface area contributed by atoms with Crippen LogP contribution in [-0.4, -0.2) is 12.7 Å². The van der Waals surface area contributed by atoms with Gasteiger partial charge in [-0.2, -0.15) is 13.2 Å². The Morgan fingerprint density at radius 3 is 1.91 bits per heavy atom. The molecule has 0 spiro atoms. The number of alkyl halides is 3. The molecule has 0 saturated heterocycles. The minimum Gasteiger partial charge on any atom is -0.330 e. The molecule has 0 unspecified atom stereocenters. The van der Waals surface area contributed by atoms with Crippen LogP contribution in [-0.2, 0) is 0 Å². The van der Waals surface area contributed by atoms with E-state index in [1.54, 1.807) is 0 Å². The maximum Gasteiger partial charge on any atom is 0.389 e. The smallest absolute Gasteiger partial charge is 0.330 e. The van der Waals surface area contributed by atoms with Crippen LogP contribution in [0.4, 0.5) is 13.2 Å². The van der Waals surface area contributed by atoms with E-state index in [4.69, 9.17) is 5.73 Å². The minimum absolute atomic E-state index is 0.173. The molecule has 1 aliphatic carbocycles. The van der Waals surface area contributed by atoms with Crippen molar-refractivity contribution in [3.8, 4) is 0 Å². The second-order valence-electron chi connectivity index (χ2n) is 3.35. The van der Waals surface area contributed by atoms with E-state index in [0.717, 1.165) is 6.42 Å². The summed E-state index contributed by atoms with van der Waals surface area (Å²) in [5.74, 6) is 0. The molecule has 1 aliphatic rings. The van der Waals surface area contributed by atoms with E-state index in [9.17, 15) is 13.2 Å². The maximum absolute atomic E-state index is 11.9. The van der Waals surface area contributed by atoms with Crippen LogP contribution in [0.1, 0.15) is 25.7 Å². The predicted octanol–water partition coefficient (Wildman–Crippen LogP) is 2.07. The van der Waals surface area contributed by atoms with Crippen molar-refractivity contribution in [3.63, 3.8) is 0 Å². The molecule has 1 saturated carbocycles. The molecule has 0 atom stereocenters. The Kier molecular flexibility index (Phi) is 2.14. The topological polar surface area (TPSA) is 26.0 Å². The highest BCUT2D eigenvalue weighted by Gasteiger charge is 2.45. The van der Waals surface area contributed by atoms with Crippen molar-refractivity contribution in [1.82, 2.24) is 0 Å². The summed E-state index contributed by atoms with van der Waals surface area (Å²) in [6, 6.07) is 0. The van der Waals surface area contributed by atoms with Gasteiger partial charge in [0.25, 0.3) is 0 Å². The summed E-state index contributed by atoms with van der Waals surface area (Å²) in [6.07, 6.45) is -2.56. The first-order valence-corrected chi connectivity index (χ1v) is 3.74. The standard InChI is InChI=1S/C7H12F3N/c8-7(9,10)4-6(5-11)2-1-3-6/h1-5,11H2. The van der Waals surface area contributed by atoms with Crippen LogP contribution in [0, 0.1) is 5.41 Å². The van der Waals surface area contributed by atoms with Gasteiger partial charge in [-0.3, -0.25) is 0 Å². The summed E-state index contributed by atoms with van der Waals surface area (Å²) in [7, 11) is 0. The molecule has 0 aromatic heterocycles. The molecular weight excluding hydrogens is 155 g/mol. The molecule has 0 radical (unpaired) electrons. The Balaban J connectivity index is 2.45. The lowest BCUT2D eigenvalue weighted by molar-refractivity contribution is -0.167. The predicted molar refractivity (Wildman–Crippen MR) is 36.0 cm³/mol. The van der Waals surface area contributed by atoms with E-state index >= 15 is 0 Å². The van der Waals surface area contributed by atoms with Crippen molar-refractivity contribution < 1.29 is 13.2 Å². The Morgan fingerprint density at radius 2 is 1.82 bits per heavy atom. The molecular formula is C7H12F3N. The lowest BCUT2D eigenvalue weighted by atomic mass is 9.66. The van der Waals surface area contributed by atoms with Crippen molar-refractivity contribution in [2.75, 3.05) is 6.54 Å². The third-order valence-electron chi connectivity index (χ3n) is 2.42. The number of nitrogens with two attached hydrogens (primary N) is 1. The number of hydrogen-bond donors (Lipinski definition) is 1. The largest absolute Gasteiger partial charge is 0.389 e. The summed E-state index contributed by atoms with van der Waals surface area (Å²) in [4.78, 5) is 0. The average molecular weight is 167 g/mol. The van der Waals surface area contributed by atoms with E-state index in [1.807, 2.05) is 0 Å². The van der Waals surface area contributed by atoms with Crippen LogP contribution < -0.4 is 5.73 Å². The van der Waals surface area contributed by atoms with Crippen LogP contribution in [0.2, 0.25) is 0 Å². The summed E-state index contributed by atoms with van der Waals surface area (Å²) in [5, 5.41) is 0. The molecule has 0 aromatic carbocycles. The zero-order valence-corrected chi connectivity index (χ0v) is 6.25. The van der Waals surface area contributed by atoms with Crippen LogP contribution in [0.5, 0.6) is 0 Å². The SMILES string of the molecule is NCC1(CC(F)(F)F)CCC1. The van der Waals surface area contributed by atoms with Crippen LogP contribution in [0.25, 0.3) is 0 Å². The first-order valence-electron chi connectivity index (χ1n) is 3.74. The van der Waals surface area contributed by atoms with E-state index in [-0.39, 0.29) is 6.54 Å². The summed E-state index contributed by atoms with van der Waals surface area (Å²) < 4.78 is 35.7. The summed E-state index contributed by atoms with van der Waals surface area (Å²) >= 11 is 0. The molecule has 11 heavy (non-hydrogen) atoms. The second-order valence-corrected chi connectivity index (χ2v) is 3.35. The van der Waals surface area contributed by atoms with Gasteiger partial charge in [-0.25, -0.2) is 0 Å². The van der Waals surface area contributed by atoms with Crippen molar-refractivity contribution in [3.05, 3.63) is 0 Å². The monoisotopic (exact) mass is 167 g/mol. The van der Waals surface area contributed by atoms with E-state index < -0.39 is 18.0 Å². The van der Waals surface area contributed by atoms with Crippen molar-refractivity contribution in [1.29, 1.82) is 0 Å². The normalized spacial score (nSPS) is 22.9. The first kappa shape index (κ1) is 8.84. The Hall–Kier alpha value is -0.250. The fraction of sp³-hybridized carbons (Fsp3) is 1.00. The van der Waals surface area contributed by atoms with Gasteiger partial charge in [0.1, 0.15) is 0 Å². The van der Waals surface area contributed by atoms with Gasteiger partial charge in [0, 0.05) is 0 Å². The van der Waals surface area contributed by atoms with E-state index in [1.165, 1.54) is 0 Å². The molecule has 1 nitrogen and oxygen atoms in total. The number of halogens is 3. The molecule has 2 N–H and O–H groups in total. The Bertz CT molecular complexity index is 132. The van der Waals surface area contributed by atoms with E-state index in [2.05, 4.69) is 0 Å². The van der Waals surface area contributed by atoms with Gasteiger partial charge in [-0.1, -0.05) is 6.42 Å². The first-order chi connectivity index (χ1) is 4.97. The maximum atomic E-state index is 11.9. The number of hydrogen-bond acceptors (Lipinski definition) is 1. The number of rotatable bonds is 2. The fourth-order valence-corrected chi connectivity index (χ4v) is 1.56. The summed E-state index contributed by atoms with van der Waals surface area (Å²) in [6.45, 7) is 0.173. The van der Waals surface area contributed by atoms with Gasteiger partial charge in [0.2, 0.25) is 0 Å². The average Bonchev–Trinajstić information content (AvgIpc) is 1.77. The van der Waals surface area contributed by atoms with Crippen LogP contribution >= 0.6 is 0 Å². The summed E-state index contributed by atoms with van der Waals surface area (Å²) in [5.41, 5.74) is 4.68. The second kappa shape index (κ2) is 2.66.